The van der Waals surface area contributed by atoms with Crippen LogP contribution in [0.3, 0.4) is 0 Å². The van der Waals surface area contributed by atoms with Gasteiger partial charge in [0, 0.05) is 25.4 Å². The molecule has 1 aromatic heterocycles. The minimum absolute atomic E-state index is 0.289. The Bertz CT molecular complexity index is 848. The summed E-state index contributed by atoms with van der Waals surface area (Å²) in [6.45, 7) is 0. The number of imide groups is 1. The molecule has 1 aromatic carbocycles. The standard InChI is InChI=1S/C18H16N2O5/c1-19-9-5-8-13(19)14(10-15(21)18(24)25-2)20-16(22)11-6-3-4-7-12(11)17(20)23/h3-9,14H,10H2,1-2H3/t14-/m0/s1. The predicted octanol–water partition coefficient (Wildman–Crippen LogP) is 1.49. The molecule has 0 saturated carbocycles. The molecule has 2 amide bonds. The Morgan fingerprint density at radius 2 is 1.64 bits per heavy atom. The lowest BCUT2D eigenvalue weighted by Crippen LogP contribution is -2.37. The first-order valence-electron chi connectivity index (χ1n) is 7.65. The quantitative estimate of drug-likeness (QED) is 0.468. The zero-order valence-electron chi connectivity index (χ0n) is 13.8. The average Bonchev–Trinajstić information content (AvgIpc) is 3.15. The van der Waals surface area contributed by atoms with Gasteiger partial charge in [0.1, 0.15) is 0 Å². The maximum Gasteiger partial charge on any atom is 0.374 e. The van der Waals surface area contributed by atoms with Crippen LogP contribution in [0.25, 0.3) is 0 Å². The van der Waals surface area contributed by atoms with Crippen molar-refractivity contribution in [2.24, 2.45) is 7.05 Å². The number of nitrogens with zero attached hydrogens (tertiary/aromatic N) is 2. The van der Waals surface area contributed by atoms with Gasteiger partial charge in [-0.1, -0.05) is 12.1 Å². The Labute approximate surface area is 143 Å². The first kappa shape index (κ1) is 16.6. The number of carbonyl (C=O) groups excluding carboxylic acids is 4. The number of fused-ring (bicyclic) bond motifs is 1. The van der Waals surface area contributed by atoms with Gasteiger partial charge in [0.2, 0.25) is 5.78 Å². The Balaban J connectivity index is 2.03. The highest BCUT2D eigenvalue weighted by atomic mass is 16.5. The van der Waals surface area contributed by atoms with Gasteiger partial charge in [-0.3, -0.25) is 19.3 Å². The summed E-state index contributed by atoms with van der Waals surface area (Å²) < 4.78 is 6.16. The van der Waals surface area contributed by atoms with Crippen molar-refractivity contribution in [1.29, 1.82) is 0 Å². The van der Waals surface area contributed by atoms with Crippen LogP contribution in [0.15, 0.2) is 42.6 Å². The average molecular weight is 340 g/mol. The van der Waals surface area contributed by atoms with Gasteiger partial charge in [-0.2, -0.15) is 0 Å². The van der Waals surface area contributed by atoms with Crippen molar-refractivity contribution in [1.82, 2.24) is 9.47 Å². The van der Waals surface area contributed by atoms with E-state index in [1.165, 1.54) is 0 Å². The highest BCUT2D eigenvalue weighted by Crippen LogP contribution is 2.33. The molecule has 0 N–H and O–H groups in total. The van der Waals surface area contributed by atoms with E-state index >= 15 is 0 Å². The maximum atomic E-state index is 12.7. The fraction of sp³-hybridized carbons (Fsp3) is 0.222. The van der Waals surface area contributed by atoms with Gasteiger partial charge in [-0.15, -0.1) is 0 Å². The summed E-state index contributed by atoms with van der Waals surface area (Å²) in [7, 11) is 2.85. The minimum atomic E-state index is -1.00. The van der Waals surface area contributed by atoms with Gasteiger partial charge < -0.3 is 9.30 Å². The van der Waals surface area contributed by atoms with Crippen LogP contribution < -0.4 is 0 Å². The summed E-state index contributed by atoms with van der Waals surface area (Å²) in [5.74, 6) is -2.77. The molecule has 0 aliphatic carbocycles. The molecule has 2 heterocycles. The molecule has 0 spiro atoms. The first-order chi connectivity index (χ1) is 12.0. The molecule has 128 valence electrons. The molecule has 1 aliphatic heterocycles. The predicted molar refractivity (Wildman–Crippen MR) is 86.7 cm³/mol. The van der Waals surface area contributed by atoms with Crippen LogP contribution in [0.4, 0.5) is 0 Å². The smallest absolute Gasteiger partial charge is 0.374 e. The van der Waals surface area contributed by atoms with E-state index in [4.69, 9.17) is 0 Å². The molecule has 1 atom stereocenters. The van der Waals surface area contributed by atoms with E-state index in [1.807, 2.05) is 0 Å². The lowest BCUT2D eigenvalue weighted by atomic mass is 10.0. The highest BCUT2D eigenvalue weighted by Gasteiger charge is 2.42. The van der Waals surface area contributed by atoms with Gasteiger partial charge in [0.25, 0.3) is 11.8 Å². The van der Waals surface area contributed by atoms with Crippen molar-refractivity contribution in [3.63, 3.8) is 0 Å². The third-order valence-corrected chi connectivity index (χ3v) is 4.25. The SMILES string of the molecule is COC(=O)C(=O)C[C@@H](c1cccn1C)N1C(=O)c2ccccc2C1=O. The van der Waals surface area contributed by atoms with Crippen LogP contribution in [0.2, 0.25) is 0 Å². The third-order valence-electron chi connectivity index (χ3n) is 4.25. The molecule has 1 aliphatic rings. The normalized spacial score (nSPS) is 14.4. The van der Waals surface area contributed by atoms with Gasteiger partial charge in [-0.25, -0.2) is 4.79 Å². The van der Waals surface area contributed by atoms with Crippen molar-refractivity contribution in [3.8, 4) is 0 Å². The summed E-state index contributed by atoms with van der Waals surface area (Å²) in [6, 6.07) is 9.04. The van der Waals surface area contributed by atoms with E-state index in [9.17, 15) is 19.2 Å². The number of amides is 2. The van der Waals surface area contributed by atoms with Crippen LogP contribution in [0, 0.1) is 0 Å². The van der Waals surface area contributed by atoms with Crippen LogP contribution in [-0.2, 0) is 21.4 Å². The Morgan fingerprint density at radius 1 is 1.04 bits per heavy atom. The van der Waals surface area contributed by atoms with Crippen LogP contribution in [0.5, 0.6) is 0 Å². The second-order valence-corrected chi connectivity index (χ2v) is 5.70. The van der Waals surface area contributed by atoms with E-state index < -0.39 is 29.6 Å². The number of Topliss-reactive ketones (excluding diaryl/α,β-unsaturated/α-hetero) is 1. The summed E-state index contributed by atoms with van der Waals surface area (Å²) in [6.07, 6.45) is 1.40. The summed E-state index contributed by atoms with van der Waals surface area (Å²) in [4.78, 5) is 50.2. The third kappa shape index (κ3) is 2.73. The molecule has 0 unspecified atom stereocenters. The van der Waals surface area contributed by atoms with Crippen molar-refractivity contribution >= 4 is 23.6 Å². The molecular formula is C18H16N2O5. The van der Waals surface area contributed by atoms with E-state index in [2.05, 4.69) is 4.74 Å². The first-order valence-corrected chi connectivity index (χ1v) is 7.65. The van der Waals surface area contributed by atoms with Crippen molar-refractivity contribution in [3.05, 3.63) is 59.4 Å². The topological polar surface area (TPSA) is 85.7 Å². The number of hydrogen-bond donors (Lipinski definition) is 0. The van der Waals surface area contributed by atoms with Crippen LogP contribution >= 0.6 is 0 Å². The Hall–Kier alpha value is -3.22. The number of esters is 1. The van der Waals surface area contributed by atoms with Gasteiger partial charge in [0.05, 0.1) is 24.3 Å². The van der Waals surface area contributed by atoms with Crippen molar-refractivity contribution in [2.45, 2.75) is 12.5 Å². The van der Waals surface area contributed by atoms with E-state index in [0.717, 1.165) is 12.0 Å². The van der Waals surface area contributed by atoms with Gasteiger partial charge >= 0.3 is 5.97 Å². The fourth-order valence-electron chi connectivity index (χ4n) is 3.01. The Kier molecular flexibility index (Phi) is 4.22. The summed E-state index contributed by atoms with van der Waals surface area (Å²) in [5, 5.41) is 0. The molecule has 7 nitrogen and oxygen atoms in total. The molecule has 0 saturated heterocycles. The second kappa shape index (κ2) is 6.35. The van der Waals surface area contributed by atoms with Crippen LogP contribution in [-0.4, -0.2) is 40.1 Å². The number of carbonyl (C=O) groups is 4. The Morgan fingerprint density at radius 3 is 2.12 bits per heavy atom. The fourth-order valence-corrected chi connectivity index (χ4v) is 3.01. The lowest BCUT2D eigenvalue weighted by molar-refractivity contribution is -0.152. The monoisotopic (exact) mass is 340 g/mol. The molecule has 3 rings (SSSR count). The van der Waals surface area contributed by atoms with Crippen LogP contribution in [0.1, 0.15) is 38.9 Å². The largest absolute Gasteiger partial charge is 0.463 e. The highest BCUT2D eigenvalue weighted by molar-refractivity contribution is 6.34. The summed E-state index contributed by atoms with van der Waals surface area (Å²) >= 11 is 0. The molecular weight excluding hydrogens is 324 g/mol. The second-order valence-electron chi connectivity index (χ2n) is 5.70. The number of benzene rings is 1. The van der Waals surface area contributed by atoms with Gasteiger partial charge in [-0.05, 0) is 24.3 Å². The number of ether oxygens (including phenoxy) is 1. The molecule has 25 heavy (non-hydrogen) atoms. The van der Waals surface area contributed by atoms with Crippen molar-refractivity contribution in [2.75, 3.05) is 7.11 Å². The number of aromatic nitrogens is 1. The maximum absolute atomic E-state index is 12.7. The number of hydrogen-bond acceptors (Lipinski definition) is 5. The van der Waals surface area contributed by atoms with E-state index in [-0.39, 0.29) is 17.5 Å². The zero-order chi connectivity index (χ0) is 18.1. The summed E-state index contributed by atoms with van der Waals surface area (Å²) in [5.41, 5.74) is 1.15. The molecule has 0 radical (unpaired) electrons. The lowest BCUT2D eigenvalue weighted by Gasteiger charge is -2.26. The molecule has 0 bridgehead atoms. The molecule has 7 heteroatoms. The molecule has 2 aromatic rings. The minimum Gasteiger partial charge on any atom is -0.463 e. The number of methoxy groups -OCH3 is 1. The van der Waals surface area contributed by atoms with Crippen molar-refractivity contribution < 1.29 is 23.9 Å². The van der Waals surface area contributed by atoms with Gasteiger partial charge in [0.15, 0.2) is 0 Å². The number of ketones is 1. The zero-order valence-corrected chi connectivity index (χ0v) is 13.8. The number of rotatable bonds is 5. The number of aryl methyl sites for hydroxylation is 1. The van der Waals surface area contributed by atoms with E-state index in [1.54, 1.807) is 54.2 Å². The van der Waals surface area contributed by atoms with E-state index in [0.29, 0.717) is 5.69 Å². The molecule has 0 fully saturated rings.